The largest absolute Gasteiger partial charge is 0.492 e. The number of nitrogens with zero attached hydrogens (tertiary/aromatic N) is 2. The molecule has 0 amide bonds. The molecule has 1 aromatic heterocycles. The molecule has 0 aliphatic heterocycles. The smallest absolute Gasteiger partial charge is 0.416 e. The third kappa shape index (κ3) is 3.35. The van der Waals surface area contributed by atoms with E-state index in [0.717, 1.165) is 12.1 Å². The van der Waals surface area contributed by atoms with Crippen LogP contribution in [0.15, 0.2) is 42.5 Å². The van der Waals surface area contributed by atoms with Crippen molar-refractivity contribution in [1.29, 1.82) is 0 Å². The third-order valence-corrected chi connectivity index (χ3v) is 3.75. The Morgan fingerprint density at radius 1 is 1.04 bits per heavy atom. The standard InChI is InChI=1S/C16H11ClF3N3O/c17-14-12-5-4-11(7-13(12)15(24)23-22-14)21-8-9-2-1-3-10(6-9)16(18,19)20/h1-7,21H,8H2,(H,23,24). The number of benzene rings is 2. The van der Waals surface area contributed by atoms with Crippen LogP contribution in [-0.2, 0) is 12.7 Å². The zero-order valence-electron chi connectivity index (χ0n) is 12.1. The van der Waals surface area contributed by atoms with Crippen LogP contribution in [0.4, 0.5) is 18.9 Å². The van der Waals surface area contributed by atoms with E-state index in [1.807, 2.05) is 0 Å². The molecule has 0 aliphatic rings. The minimum Gasteiger partial charge on any atom is -0.492 e. The number of alkyl halides is 3. The minimum atomic E-state index is -4.37. The number of aromatic hydroxyl groups is 1. The van der Waals surface area contributed by atoms with Gasteiger partial charge in [0.1, 0.15) is 0 Å². The molecule has 0 aliphatic carbocycles. The van der Waals surface area contributed by atoms with Gasteiger partial charge in [0.15, 0.2) is 5.15 Å². The summed E-state index contributed by atoms with van der Waals surface area (Å²) in [5.41, 5.74) is 0.402. The van der Waals surface area contributed by atoms with Gasteiger partial charge in [-0.05, 0) is 35.9 Å². The molecule has 0 atom stereocenters. The monoisotopic (exact) mass is 353 g/mol. The van der Waals surface area contributed by atoms with Crippen LogP contribution in [0.2, 0.25) is 5.15 Å². The van der Waals surface area contributed by atoms with E-state index < -0.39 is 11.7 Å². The predicted octanol–water partition coefficient (Wildman–Crippen LogP) is 4.62. The fourth-order valence-electron chi connectivity index (χ4n) is 2.28. The number of halogens is 4. The van der Waals surface area contributed by atoms with Crippen molar-refractivity contribution in [3.8, 4) is 5.88 Å². The van der Waals surface area contributed by atoms with Gasteiger partial charge in [0.25, 0.3) is 0 Å². The quantitative estimate of drug-likeness (QED) is 0.721. The van der Waals surface area contributed by atoms with Crippen LogP contribution < -0.4 is 5.32 Å². The van der Waals surface area contributed by atoms with Crippen molar-refractivity contribution in [2.75, 3.05) is 5.32 Å². The van der Waals surface area contributed by atoms with E-state index >= 15 is 0 Å². The van der Waals surface area contributed by atoms with E-state index in [4.69, 9.17) is 11.6 Å². The number of nitrogens with one attached hydrogen (secondary N) is 1. The van der Waals surface area contributed by atoms with E-state index in [9.17, 15) is 18.3 Å². The van der Waals surface area contributed by atoms with Crippen LogP contribution in [0, 0.1) is 0 Å². The molecule has 8 heteroatoms. The highest BCUT2D eigenvalue weighted by molar-refractivity contribution is 6.34. The molecule has 0 saturated heterocycles. The van der Waals surface area contributed by atoms with Crippen molar-refractivity contribution in [2.45, 2.75) is 12.7 Å². The highest BCUT2D eigenvalue weighted by Gasteiger charge is 2.30. The lowest BCUT2D eigenvalue weighted by Crippen LogP contribution is -2.06. The van der Waals surface area contributed by atoms with E-state index in [0.29, 0.717) is 22.0 Å². The van der Waals surface area contributed by atoms with Crippen molar-refractivity contribution < 1.29 is 18.3 Å². The maximum absolute atomic E-state index is 12.7. The Bertz CT molecular complexity index is 899. The lowest BCUT2D eigenvalue weighted by Gasteiger charge is -2.11. The topological polar surface area (TPSA) is 58.0 Å². The highest BCUT2D eigenvalue weighted by Crippen LogP contribution is 2.31. The van der Waals surface area contributed by atoms with Gasteiger partial charge in [0.2, 0.25) is 5.88 Å². The van der Waals surface area contributed by atoms with Gasteiger partial charge in [0, 0.05) is 17.6 Å². The molecule has 0 unspecified atom stereocenters. The predicted molar refractivity (Wildman–Crippen MR) is 85.0 cm³/mol. The summed E-state index contributed by atoms with van der Waals surface area (Å²) in [6.45, 7) is 0.197. The molecule has 3 rings (SSSR count). The molecule has 0 fully saturated rings. The average Bonchev–Trinajstić information content (AvgIpc) is 2.56. The van der Waals surface area contributed by atoms with E-state index in [1.165, 1.54) is 6.07 Å². The molecular weight excluding hydrogens is 343 g/mol. The molecule has 124 valence electrons. The van der Waals surface area contributed by atoms with Gasteiger partial charge in [0.05, 0.1) is 10.9 Å². The molecule has 1 heterocycles. The number of rotatable bonds is 3. The molecule has 0 spiro atoms. The lowest BCUT2D eigenvalue weighted by atomic mass is 10.1. The number of anilines is 1. The molecule has 0 saturated carbocycles. The molecular formula is C16H11ClF3N3O. The Kier molecular flexibility index (Phi) is 4.19. The van der Waals surface area contributed by atoms with Crippen molar-refractivity contribution >= 4 is 28.1 Å². The summed E-state index contributed by atoms with van der Waals surface area (Å²) in [5.74, 6) is -0.267. The van der Waals surface area contributed by atoms with E-state index in [1.54, 1.807) is 24.3 Å². The summed E-state index contributed by atoms with van der Waals surface area (Å²) in [6.07, 6.45) is -4.37. The number of fused-ring (bicyclic) bond motifs is 1. The highest BCUT2D eigenvalue weighted by atomic mass is 35.5. The molecule has 0 radical (unpaired) electrons. The van der Waals surface area contributed by atoms with Crippen LogP contribution in [-0.4, -0.2) is 15.3 Å². The van der Waals surface area contributed by atoms with E-state index in [-0.39, 0.29) is 17.6 Å². The van der Waals surface area contributed by atoms with Gasteiger partial charge in [-0.15, -0.1) is 10.2 Å². The summed E-state index contributed by atoms with van der Waals surface area (Å²) in [6, 6.07) is 10.0. The zero-order chi connectivity index (χ0) is 17.3. The van der Waals surface area contributed by atoms with Gasteiger partial charge in [-0.3, -0.25) is 0 Å². The Morgan fingerprint density at radius 3 is 2.58 bits per heavy atom. The fraction of sp³-hybridized carbons (Fsp3) is 0.125. The van der Waals surface area contributed by atoms with Crippen LogP contribution in [0.5, 0.6) is 5.88 Å². The minimum absolute atomic E-state index is 0.159. The Morgan fingerprint density at radius 2 is 1.83 bits per heavy atom. The summed E-state index contributed by atoms with van der Waals surface area (Å²) in [5, 5.41) is 21.0. The third-order valence-electron chi connectivity index (χ3n) is 3.47. The van der Waals surface area contributed by atoms with Crippen molar-refractivity contribution in [3.63, 3.8) is 0 Å². The van der Waals surface area contributed by atoms with Crippen LogP contribution in [0.3, 0.4) is 0 Å². The second kappa shape index (κ2) is 6.16. The fourth-order valence-corrected chi connectivity index (χ4v) is 2.48. The van der Waals surface area contributed by atoms with Crippen molar-refractivity contribution in [2.24, 2.45) is 0 Å². The lowest BCUT2D eigenvalue weighted by molar-refractivity contribution is -0.137. The molecule has 4 nitrogen and oxygen atoms in total. The van der Waals surface area contributed by atoms with Crippen LogP contribution in [0.1, 0.15) is 11.1 Å². The summed E-state index contributed by atoms with van der Waals surface area (Å²) >= 11 is 5.90. The first-order valence-corrected chi connectivity index (χ1v) is 7.27. The van der Waals surface area contributed by atoms with Gasteiger partial charge >= 0.3 is 6.18 Å². The Hall–Kier alpha value is -2.54. The SMILES string of the molecule is Oc1nnc(Cl)c2ccc(NCc3cccc(C(F)(F)F)c3)cc12. The molecule has 2 aromatic carbocycles. The van der Waals surface area contributed by atoms with Crippen LogP contribution >= 0.6 is 11.6 Å². The number of hydrogen-bond acceptors (Lipinski definition) is 4. The first kappa shape index (κ1) is 16.3. The van der Waals surface area contributed by atoms with Gasteiger partial charge in [-0.1, -0.05) is 23.7 Å². The first-order chi connectivity index (χ1) is 11.3. The van der Waals surface area contributed by atoms with Gasteiger partial charge in [-0.25, -0.2) is 0 Å². The Balaban J connectivity index is 1.83. The average molecular weight is 354 g/mol. The van der Waals surface area contributed by atoms with Gasteiger partial charge < -0.3 is 10.4 Å². The summed E-state index contributed by atoms with van der Waals surface area (Å²) < 4.78 is 38.1. The maximum atomic E-state index is 12.7. The Labute approximate surface area is 139 Å². The first-order valence-electron chi connectivity index (χ1n) is 6.89. The molecule has 0 bridgehead atoms. The van der Waals surface area contributed by atoms with E-state index in [2.05, 4.69) is 15.5 Å². The zero-order valence-corrected chi connectivity index (χ0v) is 12.9. The van der Waals surface area contributed by atoms with Crippen molar-refractivity contribution in [3.05, 3.63) is 58.7 Å². The molecule has 24 heavy (non-hydrogen) atoms. The number of hydrogen-bond donors (Lipinski definition) is 2. The normalized spacial score (nSPS) is 11.7. The van der Waals surface area contributed by atoms with Crippen LogP contribution in [0.25, 0.3) is 10.8 Å². The number of aromatic nitrogens is 2. The second-order valence-electron chi connectivity index (χ2n) is 5.13. The maximum Gasteiger partial charge on any atom is 0.416 e. The summed E-state index contributed by atoms with van der Waals surface area (Å²) in [4.78, 5) is 0. The molecule has 3 aromatic rings. The molecule has 2 N–H and O–H groups in total. The second-order valence-corrected chi connectivity index (χ2v) is 5.48. The van der Waals surface area contributed by atoms with Crippen molar-refractivity contribution in [1.82, 2.24) is 10.2 Å². The van der Waals surface area contributed by atoms with Gasteiger partial charge in [-0.2, -0.15) is 13.2 Å². The summed E-state index contributed by atoms with van der Waals surface area (Å²) in [7, 11) is 0.